The highest BCUT2D eigenvalue weighted by Gasteiger charge is 2.12. The lowest BCUT2D eigenvalue weighted by molar-refractivity contribution is 0.177. The van der Waals surface area contributed by atoms with E-state index in [9.17, 15) is 0 Å². The van der Waals surface area contributed by atoms with Crippen LogP contribution in [0.4, 0.5) is 0 Å². The third-order valence-corrected chi connectivity index (χ3v) is 5.56. The summed E-state index contributed by atoms with van der Waals surface area (Å²) in [5.74, 6) is 1.04. The summed E-state index contributed by atoms with van der Waals surface area (Å²) in [5, 5.41) is 6.94. The number of rotatable bonds is 11. The molecule has 2 aromatic carbocycles. The topological polar surface area (TPSA) is 21.3 Å². The van der Waals surface area contributed by atoms with Gasteiger partial charge in [-0.25, -0.2) is 0 Å². The van der Waals surface area contributed by atoms with Crippen molar-refractivity contribution in [2.24, 2.45) is 0 Å². The molecule has 1 heterocycles. The average molecular weight is 368 g/mol. The van der Waals surface area contributed by atoms with Crippen molar-refractivity contribution in [1.82, 2.24) is 5.32 Å². The van der Waals surface area contributed by atoms with Crippen molar-refractivity contribution in [1.29, 1.82) is 0 Å². The van der Waals surface area contributed by atoms with Gasteiger partial charge in [-0.1, -0.05) is 56.2 Å². The molecule has 26 heavy (non-hydrogen) atoms. The molecule has 0 amide bonds. The van der Waals surface area contributed by atoms with Crippen molar-refractivity contribution in [3.05, 3.63) is 65.5 Å². The highest BCUT2D eigenvalue weighted by molar-refractivity contribution is 7.17. The number of hydrogen-bond acceptors (Lipinski definition) is 3. The fourth-order valence-corrected chi connectivity index (χ4v) is 4.03. The van der Waals surface area contributed by atoms with E-state index in [0.717, 1.165) is 38.1 Å². The van der Waals surface area contributed by atoms with Crippen LogP contribution in [-0.4, -0.2) is 12.6 Å². The van der Waals surface area contributed by atoms with Crippen LogP contribution in [0.25, 0.3) is 10.1 Å². The van der Waals surface area contributed by atoms with Gasteiger partial charge in [-0.2, -0.15) is 0 Å². The molecule has 1 N–H and O–H groups in total. The SMILES string of the molecule is CCCCC(CCCNCc1ccccc1)Oc1cccc2sccc12. The maximum Gasteiger partial charge on any atom is 0.128 e. The number of fused-ring (bicyclic) bond motifs is 1. The molecule has 138 valence electrons. The fraction of sp³-hybridized carbons (Fsp3) is 0.391. The highest BCUT2D eigenvalue weighted by atomic mass is 32.1. The maximum atomic E-state index is 6.43. The van der Waals surface area contributed by atoms with Crippen molar-refractivity contribution in [2.75, 3.05) is 6.54 Å². The van der Waals surface area contributed by atoms with Crippen molar-refractivity contribution in [2.45, 2.75) is 51.7 Å². The molecule has 1 unspecified atom stereocenters. The number of thiophene rings is 1. The second-order valence-electron chi connectivity index (χ2n) is 6.78. The maximum absolute atomic E-state index is 6.43. The average Bonchev–Trinajstić information content (AvgIpc) is 3.16. The molecule has 0 aliphatic heterocycles. The first-order valence-corrected chi connectivity index (χ1v) is 10.6. The number of hydrogen-bond donors (Lipinski definition) is 1. The fourth-order valence-electron chi connectivity index (χ4n) is 3.23. The van der Waals surface area contributed by atoms with Gasteiger partial charge in [-0.3, -0.25) is 0 Å². The predicted octanol–water partition coefficient (Wildman–Crippen LogP) is 6.41. The lowest BCUT2D eigenvalue weighted by Crippen LogP contribution is -2.20. The van der Waals surface area contributed by atoms with Crippen LogP contribution in [0.5, 0.6) is 5.75 Å². The Morgan fingerprint density at radius 2 is 1.81 bits per heavy atom. The Balaban J connectivity index is 1.49. The summed E-state index contributed by atoms with van der Waals surface area (Å²) in [6, 6.07) is 19.1. The lowest BCUT2D eigenvalue weighted by Gasteiger charge is -2.20. The van der Waals surface area contributed by atoms with Gasteiger partial charge in [0.1, 0.15) is 5.75 Å². The van der Waals surface area contributed by atoms with Gasteiger partial charge in [-0.05, 0) is 54.9 Å². The smallest absolute Gasteiger partial charge is 0.128 e. The zero-order valence-corrected chi connectivity index (χ0v) is 16.4. The number of nitrogens with one attached hydrogen (secondary N) is 1. The van der Waals surface area contributed by atoms with Gasteiger partial charge in [0.25, 0.3) is 0 Å². The monoisotopic (exact) mass is 367 g/mol. The Labute approximate surface area is 161 Å². The first-order chi connectivity index (χ1) is 12.9. The molecule has 0 saturated carbocycles. The standard InChI is InChI=1S/C23H29NOS/c1-2-3-11-20(12-8-16-24-18-19-9-5-4-6-10-19)25-22-13-7-14-23-21(22)15-17-26-23/h4-7,9-10,13-15,17,20,24H,2-3,8,11-12,16,18H2,1H3. The van der Waals surface area contributed by atoms with Gasteiger partial charge in [0.05, 0.1) is 6.10 Å². The minimum Gasteiger partial charge on any atom is -0.490 e. The first kappa shape index (κ1) is 18.9. The van der Waals surface area contributed by atoms with Gasteiger partial charge in [0, 0.05) is 16.6 Å². The van der Waals surface area contributed by atoms with Crippen LogP contribution in [0.3, 0.4) is 0 Å². The Morgan fingerprint density at radius 3 is 2.65 bits per heavy atom. The van der Waals surface area contributed by atoms with Crippen LogP contribution >= 0.6 is 11.3 Å². The zero-order chi connectivity index (χ0) is 18.0. The summed E-state index contributed by atoms with van der Waals surface area (Å²) in [6.07, 6.45) is 6.12. The van der Waals surface area contributed by atoms with Gasteiger partial charge in [0.15, 0.2) is 0 Å². The van der Waals surface area contributed by atoms with Gasteiger partial charge >= 0.3 is 0 Å². The number of unbranched alkanes of at least 4 members (excludes halogenated alkanes) is 1. The molecular formula is C23H29NOS. The van der Waals surface area contributed by atoms with Crippen LogP contribution in [0, 0.1) is 0 Å². The summed E-state index contributed by atoms with van der Waals surface area (Å²) in [4.78, 5) is 0. The van der Waals surface area contributed by atoms with Crippen molar-refractivity contribution in [3.63, 3.8) is 0 Å². The Hall–Kier alpha value is -1.84. The van der Waals surface area contributed by atoms with E-state index in [-0.39, 0.29) is 0 Å². The van der Waals surface area contributed by atoms with Crippen LogP contribution in [0.15, 0.2) is 60.0 Å². The van der Waals surface area contributed by atoms with Crippen molar-refractivity contribution >= 4 is 21.4 Å². The number of benzene rings is 2. The summed E-state index contributed by atoms with van der Waals surface area (Å²) < 4.78 is 7.74. The molecule has 0 spiro atoms. The van der Waals surface area contributed by atoms with Crippen molar-refractivity contribution < 1.29 is 4.74 Å². The van der Waals surface area contributed by atoms with E-state index in [4.69, 9.17) is 4.74 Å². The highest BCUT2D eigenvalue weighted by Crippen LogP contribution is 2.31. The molecule has 2 nitrogen and oxygen atoms in total. The molecule has 3 heteroatoms. The molecular weight excluding hydrogens is 338 g/mol. The van der Waals surface area contributed by atoms with Crippen LogP contribution in [0.1, 0.15) is 44.6 Å². The van der Waals surface area contributed by atoms with Gasteiger partial charge in [-0.15, -0.1) is 11.3 Å². The van der Waals surface area contributed by atoms with E-state index in [1.165, 1.54) is 28.5 Å². The van der Waals surface area contributed by atoms with E-state index < -0.39 is 0 Å². The van der Waals surface area contributed by atoms with E-state index >= 15 is 0 Å². The van der Waals surface area contributed by atoms with Gasteiger partial charge < -0.3 is 10.1 Å². The second kappa shape index (κ2) is 10.3. The molecule has 3 rings (SSSR count). The molecule has 3 aromatic rings. The summed E-state index contributed by atoms with van der Waals surface area (Å²) in [6.45, 7) is 4.22. The Bertz CT molecular complexity index is 768. The molecule has 0 radical (unpaired) electrons. The molecule has 0 saturated heterocycles. The molecule has 1 atom stereocenters. The van der Waals surface area contributed by atoms with E-state index in [1.54, 1.807) is 11.3 Å². The second-order valence-corrected chi connectivity index (χ2v) is 7.72. The third kappa shape index (κ3) is 5.58. The predicted molar refractivity (Wildman–Crippen MR) is 113 cm³/mol. The molecule has 0 fully saturated rings. The molecule has 0 aliphatic carbocycles. The number of ether oxygens (including phenoxy) is 1. The van der Waals surface area contributed by atoms with Crippen LogP contribution < -0.4 is 10.1 Å². The van der Waals surface area contributed by atoms with Crippen LogP contribution in [0.2, 0.25) is 0 Å². The minimum absolute atomic E-state index is 0.305. The first-order valence-electron chi connectivity index (χ1n) is 9.74. The summed E-state index contributed by atoms with van der Waals surface area (Å²) in [7, 11) is 0. The summed E-state index contributed by atoms with van der Waals surface area (Å²) in [5.41, 5.74) is 1.34. The molecule has 1 aromatic heterocycles. The summed E-state index contributed by atoms with van der Waals surface area (Å²) >= 11 is 1.78. The zero-order valence-electron chi connectivity index (χ0n) is 15.6. The Morgan fingerprint density at radius 1 is 0.962 bits per heavy atom. The normalized spacial score (nSPS) is 12.3. The minimum atomic E-state index is 0.305. The molecule has 0 aliphatic rings. The quantitative estimate of drug-likeness (QED) is 0.395. The van der Waals surface area contributed by atoms with E-state index in [1.807, 2.05) is 0 Å². The lowest BCUT2D eigenvalue weighted by atomic mass is 10.1. The van der Waals surface area contributed by atoms with Crippen molar-refractivity contribution in [3.8, 4) is 5.75 Å². The largest absolute Gasteiger partial charge is 0.490 e. The Kier molecular flexibility index (Phi) is 7.53. The van der Waals surface area contributed by atoms with Gasteiger partial charge in [0.2, 0.25) is 0 Å². The molecule has 0 bridgehead atoms. The van der Waals surface area contributed by atoms with E-state index in [2.05, 4.69) is 72.2 Å². The van der Waals surface area contributed by atoms with Crippen LogP contribution in [-0.2, 0) is 6.54 Å². The van der Waals surface area contributed by atoms with E-state index in [0.29, 0.717) is 6.10 Å². The third-order valence-electron chi connectivity index (χ3n) is 4.68.